The van der Waals surface area contributed by atoms with Crippen LogP contribution >= 0.6 is 11.6 Å². The summed E-state index contributed by atoms with van der Waals surface area (Å²) >= 11 is 6.06. The van der Waals surface area contributed by atoms with Crippen LogP contribution in [0.4, 0.5) is 17.1 Å². The van der Waals surface area contributed by atoms with Gasteiger partial charge in [-0.1, -0.05) is 41.9 Å². The Labute approximate surface area is 198 Å². The van der Waals surface area contributed by atoms with Crippen LogP contribution in [0.3, 0.4) is 0 Å². The second kappa shape index (κ2) is 9.12. The number of imide groups is 1. The maximum absolute atomic E-state index is 13.4. The Morgan fingerprint density at radius 1 is 0.697 bits per heavy atom. The molecule has 0 atom stereocenters. The highest BCUT2D eigenvalue weighted by Crippen LogP contribution is 2.34. The zero-order chi connectivity index (χ0) is 22.8. The van der Waals surface area contributed by atoms with Gasteiger partial charge in [0.2, 0.25) is 0 Å². The number of benzene rings is 3. The van der Waals surface area contributed by atoms with Gasteiger partial charge in [0.1, 0.15) is 5.70 Å². The number of anilines is 3. The van der Waals surface area contributed by atoms with Crippen LogP contribution in [0, 0.1) is 0 Å². The van der Waals surface area contributed by atoms with Gasteiger partial charge in [0.25, 0.3) is 11.8 Å². The number of hydrogen-bond acceptors (Lipinski definition) is 4. The molecule has 1 fully saturated rings. The lowest BCUT2D eigenvalue weighted by Gasteiger charge is -2.28. The number of nitrogens with one attached hydrogen (secondary N) is 1. The summed E-state index contributed by atoms with van der Waals surface area (Å²) in [4.78, 5) is 30.5. The minimum atomic E-state index is -0.378. The normalized spacial score (nSPS) is 16.5. The molecule has 0 unspecified atom stereocenters. The first-order valence-electron chi connectivity index (χ1n) is 11.2. The first-order chi connectivity index (χ1) is 16.1. The number of para-hydroxylation sites is 1. The van der Waals surface area contributed by atoms with E-state index in [2.05, 4.69) is 22.3 Å². The van der Waals surface area contributed by atoms with Crippen molar-refractivity contribution in [1.29, 1.82) is 0 Å². The van der Waals surface area contributed by atoms with Gasteiger partial charge < -0.3 is 10.2 Å². The average Bonchev–Trinajstić information content (AvgIpc) is 3.10. The second-order valence-corrected chi connectivity index (χ2v) is 8.69. The van der Waals surface area contributed by atoms with Crippen LogP contribution in [0.1, 0.15) is 24.8 Å². The van der Waals surface area contributed by atoms with Crippen LogP contribution in [-0.2, 0) is 9.59 Å². The predicted octanol–water partition coefficient (Wildman–Crippen LogP) is 5.73. The molecular formula is C27H24ClN3O2. The third-order valence-electron chi connectivity index (χ3n) is 6.09. The van der Waals surface area contributed by atoms with Crippen LogP contribution in [0.2, 0.25) is 5.02 Å². The maximum atomic E-state index is 13.4. The molecule has 1 saturated heterocycles. The summed E-state index contributed by atoms with van der Waals surface area (Å²) in [7, 11) is 0. The number of halogens is 1. The molecule has 5 nitrogen and oxygen atoms in total. The summed E-state index contributed by atoms with van der Waals surface area (Å²) in [6, 6.07) is 24.0. The fourth-order valence-corrected chi connectivity index (χ4v) is 4.52. The summed E-state index contributed by atoms with van der Waals surface area (Å²) in [5, 5.41) is 3.80. The number of amides is 2. The lowest BCUT2D eigenvalue weighted by molar-refractivity contribution is -0.120. The van der Waals surface area contributed by atoms with Gasteiger partial charge in [-0.15, -0.1) is 0 Å². The van der Waals surface area contributed by atoms with Gasteiger partial charge in [0.15, 0.2) is 0 Å². The van der Waals surface area contributed by atoms with E-state index in [1.54, 1.807) is 36.4 Å². The number of carbonyl (C=O) groups is 2. The van der Waals surface area contributed by atoms with E-state index in [-0.39, 0.29) is 17.5 Å². The number of rotatable bonds is 5. The van der Waals surface area contributed by atoms with Crippen LogP contribution in [0.15, 0.2) is 84.6 Å². The van der Waals surface area contributed by atoms with E-state index in [1.165, 1.54) is 29.8 Å². The van der Waals surface area contributed by atoms with E-state index < -0.39 is 0 Å². The number of nitrogens with zero attached hydrogens (tertiary/aromatic N) is 2. The topological polar surface area (TPSA) is 52.7 Å². The van der Waals surface area contributed by atoms with E-state index in [0.717, 1.165) is 18.8 Å². The Balaban J connectivity index is 1.49. The lowest BCUT2D eigenvalue weighted by Crippen LogP contribution is -2.32. The molecule has 0 radical (unpaired) electrons. The van der Waals surface area contributed by atoms with E-state index in [9.17, 15) is 9.59 Å². The molecule has 0 spiro atoms. The Bertz CT molecular complexity index is 1200. The maximum Gasteiger partial charge on any atom is 0.282 e. The summed E-state index contributed by atoms with van der Waals surface area (Å²) in [6.07, 6.45) is 3.71. The molecule has 2 aliphatic heterocycles. The molecule has 33 heavy (non-hydrogen) atoms. The largest absolute Gasteiger partial charge is 0.372 e. The molecule has 0 saturated carbocycles. The molecule has 0 aliphatic carbocycles. The van der Waals surface area contributed by atoms with Crippen molar-refractivity contribution in [1.82, 2.24) is 0 Å². The highest BCUT2D eigenvalue weighted by molar-refractivity contribution is 6.46. The number of carbonyl (C=O) groups excluding carboxylic acids is 2. The molecule has 0 bridgehead atoms. The minimum Gasteiger partial charge on any atom is -0.372 e. The smallest absolute Gasteiger partial charge is 0.282 e. The van der Waals surface area contributed by atoms with Crippen molar-refractivity contribution < 1.29 is 9.59 Å². The summed E-state index contributed by atoms with van der Waals surface area (Å²) < 4.78 is 0. The van der Waals surface area contributed by atoms with Gasteiger partial charge in [0.05, 0.1) is 11.3 Å². The molecule has 2 heterocycles. The van der Waals surface area contributed by atoms with E-state index in [0.29, 0.717) is 21.8 Å². The minimum absolute atomic E-state index is 0.261. The fourth-order valence-electron chi connectivity index (χ4n) is 4.39. The van der Waals surface area contributed by atoms with Gasteiger partial charge in [0, 0.05) is 29.5 Å². The molecule has 2 aliphatic rings. The van der Waals surface area contributed by atoms with Gasteiger partial charge >= 0.3 is 0 Å². The number of piperidine rings is 1. The van der Waals surface area contributed by atoms with Gasteiger partial charge in [-0.05, 0) is 73.4 Å². The van der Waals surface area contributed by atoms with Gasteiger partial charge in [-0.2, -0.15) is 0 Å². The van der Waals surface area contributed by atoms with E-state index in [1.807, 2.05) is 30.3 Å². The van der Waals surface area contributed by atoms with Crippen LogP contribution in [0.5, 0.6) is 0 Å². The third-order valence-corrected chi connectivity index (χ3v) is 6.34. The van der Waals surface area contributed by atoms with E-state index >= 15 is 0 Å². The monoisotopic (exact) mass is 457 g/mol. The highest BCUT2D eigenvalue weighted by atomic mass is 35.5. The highest BCUT2D eigenvalue weighted by Gasteiger charge is 2.40. The Morgan fingerprint density at radius 2 is 1.36 bits per heavy atom. The zero-order valence-corrected chi connectivity index (χ0v) is 18.9. The van der Waals surface area contributed by atoms with Crippen molar-refractivity contribution >= 4 is 46.1 Å². The Morgan fingerprint density at radius 3 is 2.03 bits per heavy atom. The zero-order valence-electron chi connectivity index (χ0n) is 18.1. The molecule has 0 aromatic heterocycles. The van der Waals surface area contributed by atoms with Crippen LogP contribution in [-0.4, -0.2) is 24.9 Å². The second-order valence-electron chi connectivity index (χ2n) is 8.26. The van der Waals surface area contributed by atoms with Crippen molar-refractivity contribution in [2.75, 3.05) is 28.2 Å². The van der Waals surface area contributed by atoms with Crippen molar-refractivity contribution in [3.05, 3.63) is 95.1 Å². The molecule has 2 amide bonds. The standard InChI is InChI=1S/C27H24ClN3O2/c28-20-11-9-19(10-12-20)24-25(27(33)31(26(24)32)23-7-3-1-4-8-23)29-21-13-15-22(16-14-21)30-17-5-2-6-18-30/h1,3-4,7-16,29H,2,5-6,17-18H2. The Kier molecular flexibility index (Phi) is 5.88. The molecule has 166 valence electrons. The summed E-state index contributed by atoms with van der Waals surface area (Å²) in [6.45, 7) is 2.13. The average molecular weight is 458 g/mol. The lowest BCUT2D eigenvalue weighted by atomic mass is 10.0. The fraction of sp³-hybridized carbons (Fsp3) is 0.185. The molecule has 3 aromatic rings. The molecule has 6 heteroatoms. The van der Waals surface area contributed by atoms with Crippen molar-refractivity contribution in [3.8, 4) is 0 Å². The predicted molar refractivity (Wildman–Crippen MR) is 133 cm³/mol. The quantitative estimate of drug-likeness (QED) is 0.497. The van der Waals surface area contributed by atoms with Crippen LogP contribution in [0.25, 0.3) is 5.57 Å². The summed E-state index contributed by atoms with van der Waals surface area (Å²) in [5.41, 5.74) is 3.71. The third kappa shape index (κ3) is 4.24. The first kappa shape index (κ1) is 21.3. The molecule has 5 rings (SSSR count). The SMILES string of the molecule is O=C1C(Nc2ccc(N3CCCCC3)cc2)=C(c2ccc(Cl)cc2)C(=O)N1c1ccccc1. The number of hydrogen-bond donors (Lipinski definition) is 1. The molecular weight excluding hydrogens is 434 g/mol. The van der Waals surface area contributed by atoms with Crippen molar-refractivity contribution in [2.45, 2.75) is 19.3 Å². The van der Waals surface area contributed by atoms with Crippen LogP contribution < -0.4 is 15.1 Å². The van der Waals surface area contributed by atoms with Crippen molar-refractivity contribution in [3.63, 3.8) is 0 Å². The van der Waals surface area contributed by atoms with E-state index in [4.69, 9.17) is 11.6 Å². The molecule has 3 aromatic carbocycles. The van der Waals surface area contributed by atoms with Gasteiger partial charge in [-0.25, -0.2) is 4.90 Å². The summed E-state index contributed by atoms with van der Waals surface area (Å²) in [5.74, 6) is -0.739. The van der Waals surface area contributed by atoms with Gasteiger partial charge in [-0.3, -0.25) is 9.59 Å². The first-order valence-corrected chi connectivity index (χ1v) is 11.6. The molecule has 1 N–H and O–H groups in total. The van der Waals surface area contributed by atoms with Crippen molar-refractivity contribution in [2.24, 2.45) is 0 Å². The Hall–Kier alpha value is -3.57.